The summed E-state index contributed by atoms with van der Waals surface area (Å²) >= 11 is 0. The highest BCUT2D eigenvalue weighted by molar-refractivity contribution is 5.72. The summed E-state index contributed by atoms with van der Waals surface area (Å²) < 4.78 is 12.7. The number of benzene rings is 2. The summed E-state index contributed by atoms with van der Waals surface area (Å²) in [5.74, 6) is 0.325. The van der Waals surface area contributed by atoms with Gasteiger partial charge in [-0.1, -0.05) is 36.4 Å². The van der Waals surface area contributed by atoms with Gasteiger partial charge in [-0.05, 0) is 30.2 Å². The van der Waals surface area contributed by atoms with Crippen LogP contribution in [-0.2, 0) is 11.4 Å². The highest BCUT2D eigenvalue weighted by atomic mass is 16.5. The third kappa shape index (κ3) is 3.85. The first-order chi connectivity index (χ1) is 12.6. The zero-order chi connectivity index (χ0) is 18.5. The molecule has 0 radical (unpaired) electrons. The van der Waals surface area contributed by atoms with Crippen LogP contribution < -0.4 is 9.47 Å². The number of carbonyl (C=O) groups is 1. The maximum Gasteiger partial charge on any atom is 0.328 e. The number of carboxylic acid groups (broad SMARTS) is 1. The van der Waals surface area contributed by atoms with Crippen LogP contribution >= 0.6 is 0 Å². The molecule has 0 aliphatic carbocycles. The topological polar surface area (TPSA) is 73.6 Å². The van der Waals surface area contributed by atoms with E-state index < -0.39 is 12.0 Å². The average Bonchev–Trinajstić information content (AvgIpc) is 3.16. The van der Waals surface area contributed by atoms with Crippen molar-refractivity contribution in [3.63, 3.8) is 0 Å². The summed E-state index contributed by atoms with van der Waals surface area (Å²) in [6.07, 6.45) is 3.34. The van der Waals surface area contributed by atoms with Crippen molar-refractivity contribution in [1.82, 2.24) is 9.78 Å². The zero-order valence-corrected chi connectivity index (χ0v) is 14.6. The highest BCUT2D eigenvalue weighted by Crippen LogP contribution is 2.33. The summed E-state index contributed by atoms with van der Waals surface area (Å²) in [6, 6.07) is 14.8. The number of carboxylic acids is 1. The molecule has 6 heteroatoms. The summed E-state index contributed by atoms with van der Waals surface area (Å²) in [5, 5.41) is 13.2. The van der Waals surface area contributed by atoms with Crippen molar-refractivity contribution in [3.05, 3.63) is 66.5 Å². The molecule has 26 heavy (non-hydrogen) atoms. The monoisotopic (exact) mass is 352 g/mol. The summed E-state index contributed by atoms with van der Waals surface area (Å²) in [6.45, 7) is 2.03. The van der Waals surface area contributed by atoms with Crippen LogP contribution in [0.5, 0.6) is 11.5 Å². The lowest BCUT2D eigenvalue weighted by molar-refractivity contribution is -0.140. The Kier molecular flexibility index (Phi) is 5.22. The smallest absolute Gasteiger partial charge is 0.328 e. The molecule has 1 atom stereocenters. The Hall–Kier alpha value is -3.28. The maximum absolute atomic E-state index is 11.1. The third-order valence-electron chi connectivity index (χ3n) is 4.09. The van der Waals surface area contributed by atoms with Gasteiger partial charge in [-0.25, -0.2) is 4.79 Å². The van der Waals surface area contributed by atoms with Gasteiger partial charge in [0.15, 0.2) is 11.5 Å². The summed E-state index contributed by atoms with van der Waals surface area (Å²) in [7, 11) is 1.59. The predicted octanol–water partition coefficient (Wildman–Crippen LogP) is 3.78. The van der Waals surface area contributed by atoms with Crippen LogP contribution in [0.1, 0.15) is 18.5 Å². The van der Waals surface area contributed by atoms with Crippen LogP contribution in [0.3, 0.4) is 0 Å². The normalized spacial score (nSPS) is 11.8. The first-order valence-corrected chi connectivity index (χ1v) is 8.20. The quantitative estimate of drug-likeness (QED) is 0.700. The van der Waals surface area contributed by atoms with E-state index in [0.717, 1.165) is 16.7 Å². The summed E-state index contributed by atoms with van der Waals surface area (Å²) in [4.78, 5) is 11.1. The van der Waals surface area contributed by atoms with E-state index in [1.165, 1.54) is 4.68 Å². The minimum atomic E-state index is -0.929. The molecule has 3 rings (SSSR count). The van der Waals surface area contributed by atoms with E-state index in [2.05, 4.69) is 5.10 Å². The molecule has 0 saturated heterocycles. The molecule has 1 heterocycles. The number of rotatable bonds is 7. The van der Waals surface area contributed by atoms with Crippen molar-refractivity contribution < 1.29 is 19.4 Å². The molecule has 2 aromatic carbocycles. The van der Waals surface area contributed by atoms with E-state index in [4.69, 9.17) is 14.6 Å². The molecule has 0 fully saturated rings. The van der Waals surface area contributed by atoms with Gasteiger partial charge in [0, 0.05) is 11.8 Å². The number of nitrogens with zero attached hydrogens (tertiary/aromatic N) is 2. The van der Waals surface area contributed by atoms with Gasteiger partial charge in [-0.15, -0.1) is 0 Å². The van der Waals surface area contributed by atoms with Crippen molar-refractivity contribution in [1.29, 1.82) is 0 Å². The molecular formula is C20H20N2O4. The van der Waals surface area contributed by atoms with Gasteiger partial charge in [-0.2, -0.15) is 5.10 Å². The largest absolute Gasteiger partial charge is 0.493 e. The second-order valence-corrected chi connectivity index (χ2v) is 5.86. The van der Waals surface area contributed by atoms with Crippen LogP contribution in [0.2, 0.25) is 0 Å². The molecule has 0 bridgehead atoms. The number of aromatic nitrogens is 2. The number of ether oxygens (including phenoxy) is 2. The van der Waals surface area contributed by atoms with Crippen molar-refractivity contribution in [2.24, 2.45) is 0 Å². The Morgan fingerprint density at radius 3 is 2.62 bits per heavy atom. The van der Waals surface area contributed by atoms with Gasteiger partial charge < -0.3 is 14.6 Å². The summed E-state index contributed by atoms with van der Waals surface area (Å²) in [5.41, 5.74) is 2.76. The number of methoxy groups -OCH3 is 1. The molecule has 3 aromatic rings. The second kappa shape index (κ2) is 7.74. The van der Waals surface area contributed by atoms with Gasteiger partial charge in [0.05, 0.1) is 13.3 Å². The SMILES string of the molecule is COc1cc(-c2cnn(C(C)C(=O)O)c2)ccc1OCc1ccccc1. The Balaban J connectivity index is 1.79. The van der Waals surface area contributed by atoms with Gasteiger partial charge >= 0.3 is 5.97 Å². The lowest BCUT2D eigenvalue weighted by Gasteiger charge is -2.12. The van der Waals surface area contributed by atoms with Gasteiger partial charge in [0.1, 0.15) is 12.6 Å². The molecule has 0 spiro atoms. The molecule has 0 aliphatic rings. The Labute approximate surface area is 151 Å². The number of aliphatic carboxylic acids is 1. The minimum absolute atomic E-state index is 0.449. The number of hydrogen-bond donors (Lipinski definition) is 1. The molecule has 1 N–H and O–H groups in total. The van der Waals surface area contributed by atoms with Crippen molar-refractivity contribution >= 4 is 5.97 Å². The number of hydrogen-bond acceptors (Lipinski definition) is 4. The first kappa shape index (κ1) is 17.5. The molecule has 134 valence electrons. The van der Waals surface area contributed by atoms with E-state index in [9.17, 15) is 4.79 Å². The van der Waals surface area contributed by atoms with E-state index in [1.807, 2.05) is 48.5 Å². The Morgan fingerprint density at radius 2 is 1.92 bits per heavy atom. The van der Waals surface area contributed by atoms with Gasteiger partial charge in [0.25, 0.3) is 0 Å². The lowest BCUT2D eigenvalue weighted by atomic mass is 10.1. The van der Waals surface area contributed by atoms with E-state index in [1.54, 1.807) is 26.4 Å². The van der Waals surface area contributed by atoms with Gasteiger partial charge in [-0.3, -0.25) is 4.68 Å². The molecule has 0 aliphatic heterocycles. The molecule has 0 saturated carbocycles. The molecule has 1 aromatic heterocycles. The lowest BCUT2D eigenvalue weighted by Crippen LogP contribution is -2.15. The van der Waals surface area contributed by atoms with E-state index in [0.29, 0.717) is 18.1 Å². The molecule has 1 unspecified atom stereocenters. The van der Waals surface area contributed by atoms with Crippen LogP contribution in [0.15, 0.2) is 60.9 Å². The third-order valence-corrected chi connectivity index (χ3v) is 4.09. The van der Waals surface area contributed by atoms with Crippen molar-refractivity contribution in [2.75, 3.05) is 7.11 Å². The van der Waals surface area contributed by atoms with Crippen LogP contribution in [0, 0.1) is 0 Å². The van der Waals surface area contributed by atoms with Crippen LogP contribution in [0.25, 0.3) is 11.1 Å². The predicted molar refractivity (Wildman–Crippen MR) is 97.3 cm³/mol. The Bertz CT molecular complexity index is 890. The molecule has 6 nitrogen and oxygen atoms in total. The van der Waals surface area contributed by atoms with Crippen molar-refractivity contribution in [2.45, 2.75) is 19.6 Å². The highest BCUT2D eigenvalue weighted by Gasteiger charge is 2.15. The van der Waals surface area contributed by atoms with E-state index in [-0.39, 0.29) is 0 Å². The van der Waals surface area contributed by atoms with Crippen molar-refractivity contribution in [3.8, 4) is 22.6 Å². The van der Waals surface area contributed by atoms with Crippen LogP contribution in [0.4, 0.5) is 0 Å². The Morgan fingerprint density at radius 1 is 1.15 bits per heavy atom. The van der Waals surface area contributed by atoms with Crippen LogP contribution in [-0.4, -0.2) is 28.0 Å². The fourth-order valence-corrected chi connectivity index (χ4v) is 2.51. The van der Waals surface area contributed by atoms with E-state index >= 15 is 0 Å². The molecule has 0 amide bonds. The standard InChI is InChI=1S/C20H20N2O4/c1-14(20(23)24)22-12-17(11-21-22)16-8-9-18(19(10-16)25-2)26-13-15-6-4-3-5-7-15/h3-12,14H,13H2,1-2H3,(H,23,24). The second-order valence-electron chi connectivity index (χ2n) is 5.86. The van der Waals surface area contributed by atoms with Gasteiger partial charge in [0.2, 0.25) is 0 Å². The maximum atomic E-state index is 11.1. The average molecular weight is 352 g/mol. The molecular weight excluding hydrogens is 332 g/mol. The zero-order valence-electron chi connectivity index (χ0n) is 14.6. The fraction of sp³-hybridized carbons (Fsp3) is 0.200. The minimum Gasteiger partial charge on any atom is -0.493 e. The first-order valence-electron chi connectivity index (χ1n) is 8.20. The fourth-order valence-electron chi connectivity index (χ4n) is 2.51.